The van der Waals surface area contributed by atoms with Crippen LogP contribution in [-0.2, 0) is 9.59 Å². The predicted octanol–water partition coefficient (Wildman–Crippen LogP) is 6.88. The van der Waals surface area contributed by atoms with Crippen LogP contribution in [0.5, 0.6) is 5.75 Å². The highest BCUT2D eigenvalue weighted by molar-refractivity contribution is 8.00. The lowest BCUT2D eigenvalue weighted by atomic mass is 10.1. The summed E-state index contributed by atoms with van der Waals surface area (Å²) in [5.74, 6) is -0.235. The summed E-state index contributed by atoms with van der Waals surface area (Å²) in [5, 5.41) is 8.97. The summed E-state index contributed by atoms with van der Waals surface area (Å²) in [6, 6.07) is 29.9. The van der Waals surface area contributed by atoms with Gasteiger partial charge >= 0.3 is 0 Å². The molecule has 0 atom stereocenters. The number of halogens is 1. The van der Waals surface area contributed by atoms with Gasteiger partial charge in [0.2, 0.25) is 5.91 Å². The van der Waals surface area contributed by atoms with Gasteiger partial charge in [0, 0.05) is 21.2 Å². The maximum Gasteiger partial charge on any atom is 0.272 e. The Balaban J connectivity index is 1.39. The van der Waals surface area contributed by atoms with E-state index >= 15 is 0 Å². The number of ether oxygens (including phenoxy) is 1. The van der Waals surface area contributed by atoms with E-state index in [-0.39, 0.29) is 17.4 Å². The van der Waals surface area contributed by atoms with E-state index in [2.05, 4.69) is 16.0 Å². The predicted molar refractivity (Wildman–Crippen MR) is 165 cm³/mol. The van der Waals surface area contributed by atoms with Crippen LogP contribution in [0, 0.1) is 0 Å². The van der Waals surface area contributed by atoms with E-state index in [1.807, 2.05) is 43.3 Å². The second-order valence-electron chi connectivity index (χ2n) is 8.67. The summed E-state index contributed by atoms with van der Waals surface area (Å²) in [6.07, 6.45) is 1.58. The SMILES string of the molecule is CCOc1ccccc1NC(=O)CSc1ccc(NC(=O)/C(=C/c2ccc(Cl)cc2)NC(=O)c2ccccc2)cc1. The Hall–Kier alpha value is -4.53. The Morgan fingerprint density at radius 2 is 1.51 bits per heavy atom. The lowest BCUT2D eigenvalue weighted by Crippen LogP contribution is -2.30. The van der Waals surface area contributed by atoms with Crippen molar-refractivity contribution in [1.29, 1.82) is 0 Å². The van der Waals surface area contributed by atoms with E-state index in [1.165, 1.54) is 11.8 Å². The van der Waals surface area contributed by atoms with Gasteiger partial charge in [-0.05, 0) is 79.2 Å². The average molecular weight is 586 g/mol. The molecule has 0 aliphatic heterocycles. The molecular formula is C32H28ClN3O4S. The standard InChI is InChI=1S/C32H28ClN3O4S/c1-2-40-29-11-7-6-10-27(29)35-30(37)21-41-26-18-16-25(17-19-26)34-32(39)28(20-22-12-14-24(33)15-13-22)36-31(38)23-8-4-3-5-9-23/h3-20H,2,21H2,1H3,(H,34,39)(H,35,37)(H,36,38)/b28-20-. The third-order valence-electron chi connectivity index (χ3n) is 5.65. The van der Waals surface area contributed by atoms with Crippen molar-refractivity contribution in [2.75, 3.05) is 23.0 Å². The second-order valence-corrected chi connectivity index (χ2v) is 10.2. The summed E-state index contributed by atoms with van der Waals surface area (Å²) < 4.78 is 5.56. The van der Waals surface area contributed by atoms with E-state index in [4.69, 9.17) is 16.3 Å². The van der Waals surface area contributed by atoms with Crippen LogP contribution in [0.25, 0.3) is 6.08 Å². The Labute approximate surface area is 248 Å². The molecule has 7 nitrogen and oxygen atoms in total. The molecule has 0 radical (unpaired) electrons. The van der Waals surface area contributed by atoms with Crippen LogP contribution in [0.3, 0.4) is 0 Å². The molecule has 4 aromatic carbocycles. The highest BCUT2D eigenvalue weighted by Crippen LogP contribution is 2.25. The van der Waals surface area contributed by atoms with E-state index in [0.717, 1.165) is 4.90 Å². The number of hydrogen-bond donors (Lipinski definition) is 3. The molecule has 0 heterocycles. The molecular weight excluding hydrogens is 558 g/mol. The number of thioether (sulfide) groups is 1. The highest BCUT2D eigenvalue weighted by atomic mass is 35.5. The first-order valence-corrected chi connectivity index (χ1v) is 14.2. The molecule has 4 aromatic rings. The molecule has 3 amide bonds. The Morgan fingerprint density at radius 3 is 2.22 bits per heavy atom. The van der Waals surface area contributed by atoms with Crippen LogP contribution in [0.4, 0.5) is 11.4 Å². The van der Waals surface area contributed by atoms with E-state index in [9.17, 15) is 14.4 Å². The number of rotatable bonds is 11. The first-order chi connectivity index (χ1) is 19.9. The summed E-state index contributed by atoms with van der Waals surface area (Å²) in [6.45, 7) is 2.39. The maximum absolute atomic E-state index is 13.2. The van der Waals surface area contributed by atoms with E-state index in [0.29, 0.717) is 39.9 Å². The van der Waals surface area contributed by atoms with Crippen LogP contribution in [0.15, 0.2) is 114 Å². The van der Waals surface area contributed by atoms with Crippen molar-refractivity contribution in [3.63, 3.8) is 0 Å². The highest BCUT2D eigenvalue weighted by Gasteiger charge is 2.15. The monoisotopic (exact) mass is 585 g/mol. The van der Waals surface area contributed by atoms with Gasteiger partial charge in [0.15, 0.2) is 0 Å². The normalized spacial score (nSPS) is 10.9. The van der Waals surface area contributed by atoms with Crippen molar-refractivity contribution in [3.8, 4) is 5.75 Å². The lowest BCUT2D eigenvalue weighted by molar-refractivity contribution is -0.114. The second kappa shape index (κ2) is 14.7. The van der Waals surface area contributed by atoms with Gasteiger partial charge in [-0.2, -0.15) is 0 Å². The van der Waals surface area contributed by atoms with Crippen molar-refractivity contribution < 1.29 is 19.1 Å². The summed E-state index contributed by atoms with van der Waals surface area (Å²) >= 11 is 7.36. The van der Waals surface area contributed by atoms with E-state index in [1.54, 1.807) is 72.8 Å². The van der Waals surface area contributed by atoms with Gasteiger partial charge < -0.3 is 20.7 Å². The van der Waals surface area contributed by atoms with Gasteiger partial charge in [-0.1, -0.05) is 54.1 Å². The summed E-state index contributed by atoms with van der Waals surface area (Å²) in [5.41, 5.74) is 2.35. The van der Waals surface area contributed by atoms with Crippen LogP contribution < -0.4 is 20.7 Å². The fraction of sp³-hybridized carbons (Fsp3) is 0.0938. The van der Waals surface area contributed by atoms with Crippen molar-refractivity contribution in [2.24, 2.45) is 0 Å². The number of nitrogens with one attached hydrogen (secondary N) is 3. The lowest BCUT2D eigenvalue weighted by Gasteiger charge is -2.12. The molecule has 0 aromatic heterocycles. The zero-order valence-corrected chi connectivity index (χ0v) is 23.8. The molecule has 3 N–H and O–H groups in total. The van der Waals surface area contributed by atoms with Crippen LogP contribution in [0.2, 0.25) is 5.02 Å². The van der Waals surface area contributed by atoms with Gasteiger partial charge in [-0.15, -0.1) is 11.8 Å². The average Bonchev–Trinajstić information content (AvgIpc) is 2.99. The number of para-hydroxylation sites is 2. The molecule has 41 heavy (non-hydrogen) atoms. The first-order valence-electron chi connectivity index (χ1n) is 12.8. The molecule has 0 aliphatic rings. The number of carbonyl (C=O) groups excluding carboxylic acids is 3. The molecule has 0 unspecified atom stereocenters. The van der Waals surface area contributed by atoms with Gasteiger partial charge in [0.1, 0.15) is 11.4 Å². The van der Waals surface area contributed by atoms with Gasteiger partial charge in [0.05, 0.1) is 18.0 Å². The fourth-order valence-electron chi connectivity index (χ4n) is 3.69. The molecule has 4 rings (SSSR count). The molecule has 0 fully saturated rings. The molecule has 208 valence electrons. The Morgan fingerprint density at radius 1 is 0.829 bits per heavy atom. The van der Waals surface area contributed by atoms with Gasteiger partial charge in [-0.25, -0.2) is 0 Å². The summed E-state index contributed by atoms with van der Waals surface area (Å²) in [4.78, 5) is 39.4. The van der Waals surface area contributed by atoms with Gasteiger partial charge in [0.25, 0.3) is 11.8 Å². The third-order valence-corrected chi connectivity index (χ3v) is 6.92. The topological polar surface area (TPSA) is 96.5 Å². The van der Waals surface area contributed by atoms with Crippen LogP contribution in [-0.4, -0.2) is 30.1 Å². The van der Waals surface area contributed by atoms with Crippen molar-refractivity contribution in [1.82, 2.24) is 5.32 Å². The number of carbonyl (C=O) groups is 3. The smallest absolute Gasteiger partial charge is 0.272 e. The molecule has 0 bridgehead atoms. The van der Waals surface area contributed by atoms with Crippen molar-refractivity contribution in [3.05, 3.63) is 125 Å². The zero-order chi connectivity index (χ0) is 29.0. The summed E-state index contributed by atoms with van der Waals surface area (Å²) in [7, 11) is 0. The third kappa shape index (κ3) is 8.99. The van der Waals surface area contributed by atoms with Crippen LogP contribution >= 0.6 is 23.4 Å². The molecule has 0 spiro atoms. The number of amides is 3. The number of hydrogen-bond acceptors (Lipinski definition) is 5. The molecule has 0 aliphatic carbocycles. The largest absolute Gasteiger partial charge is 0.492 e. The minimum atomic E-state index is -0.489. The first kappa shape index (κ1) is 29.5. The van der Waals surface area contributed by atoms with Crippen molar-refractivity contribution >= 4 is 58.5 Å². The maximum atomic E-state index is 13.2. The molecule has 0 saturated carbocycles. The minimum absolute atomic E-state index is 0.0728. The van der Waals surface area contributed by atoms with Crippen molar-refractivity contribution in [2.45, 2.75) is 11.8 Å². The molecule has 0 saturated heterocycles. The zero-order valence-electron chi connectivity index (χ0n) is 22.2. The van der Waals surface area contributed by atoms with Crippen LogP contribution in [0.1, 0.15) is 22.8 Å². The Bertz CT molecular complexity index is 1530. The van der Waals surface area contributed by atoms with E-state index < -0.39 is 11.8 Å². The number of anilines is 2. The molecule has 9 heteroatoms. The minimum Gasteiger partial charge on any atom is -0.492 e. The fourth-order valence-corrected chi connectivity index (χ4v) is 4.51. The quantitative estimate of drug-likeness (QED) is 0.132. The Kier molecular flexibility index (Phi) is 10.6. The van der Waals surface area contributed by atoms with Gasteiger partial charge in [-0.3, -0.25) is 14.4 Å². The number of benzene rings is 4.